The van der Waals surface area contributed by atoms with Gasteiger partial charge in [0, 0.05) is 28.8 Å². The van der Waals surface area contributed by atoms with Crippen molar-refractivity contribution < 1.29 is 19.2 Å². The number of rotatable bonds is 5. The molecule has 2 aromatic carbocycles. The third-order valence-corrected chi connectivity index (χ3v) is 6.06. The molecule has 0 radical (unpaired) electrons. The summed E-state index contributed by atoms with van der Waals surface area (Å²) in [6.07, 6.45) is 1.38. The SMILES string of the molecule is C[C@@]1(c2ccc(Br)cc2)NC(=O)N(CC(=O)Nc2ccc(N3CCCC3=O)cc2)C1=O. The van der Waals surface area contributed by atoms with Crippen molar-refractivity contribution in [2.75, 3.05) is 23.3 Å². The lowest BCUT2D eigenvalue weighted by atomic mass is 9.92. The highest BCUT2D eigenvalue weighted by atomic mass is 79.9. The minimum absolute atomic E-state index is 0.0872. The van der Waals surface area contributed by atoms with Gasteiger partial charge in [-0.25, -0.2) is 4.79 Å². The van der Waals surface area contributed by atoms with E-state index >= 15 is 0 Å². The zero-order valence-electron chi connectivity index (χ0n) is 16.9. The molecule has 0 unspecified atom stereocenters. The van der Waals surface area contributed by atoms with E-state index in [0.717, 1.165) is 21.5 Å². The molecular weight excluding hydrogens is 464 g/mol. The van der Waals surface area contributed by atoms with E-state index < -0.39 is 29.9 Å². The maximum Gasteiger partial charge on any atom is 0.325 e. The van der Waals surface area contributed by atoms with E-state index in [1.807, 2.05) is 0 Å². The molecular formula is C22H21BrN4O4. The van der Waals surface area contributed by atoms with Gasteiger partial charge in [0.2, 0.25) is 11.8 Å². The highest BCUT2D eigenvalue weighted by Gasteiger charge is 2.49. The summed E-state index contributed by atoms with van der Waals surface area (Å²) in [6.45, 7) is 1.91. The second-order valence-corrected chi connectivity index (χ2v) is 8.61. The van der Waals surface area contributed by atoms with Gasteiger partial charge in [-0.3, -0.25) is 19.3 Å². The van der Waals surface area contributed by atoms with Crippen LogP contribution in [0.1, 0.15) is 25.3 Å². The molecule has 2 N–H and O–H groups in total. The number of hydrogen-bond acceptors (Lipinski definition) is 4. The van der Waals surface area contributed by atoms with Crippen LogP contribution in [0.25, 0.3) is 0 Å². The third-order valence-electron chi connectivity index (χ3n) is 5.53. The molecule has 2 aromatic rings. The van der Waals surface area contributed by atoms with Crippen LogP contribution in [0.5, 0.6) is 0 Å². The third kappa shape index (κ3) is 4.05. The number of anilines is 2. The first-order chi connectivity index (χ1) is 14.8. The van der Waals surface area contributed by atoms with Gasteiger partial charge in [0.15, 0.2) is 0 Å². The van der Waals surface area contributed by atoms with Gasteiger partial charge in [0.25, 0.3) is 5.91 Å². The van der Waals surface area contributed by atoms with Crippen molar-refractivity contribution in [1.82, 2.24) is 10.2 Å². The Hall–Kier alpha value is -3.20. The molecule has 2 aliphatic rings. The predicted octanol–water partition coefficient (Wildman–Crippen LogP) is 2.98. The van der Waals surface area contributed by atoms with Crippen LogP contribution in [0.4, 0.5) is 16.2 Å². The zero-order valence-corrected chi connectivity index (χ0v) is 18.4. The van der Waals surface area contributed by atoms with Crippen LogP contribution in [-0.4, -0.2) is 41.7 Å². The molecule has 2 fully saturated rings. The second-order valence-electron chi connectivity index (χ2n) is 7.70. The van der Waals surface area contributed by atoms with E-state index in [1.54, 1.807) is 60.4 Å². The lowest BCUT2D eigenvalue weighted by Crippen LogP contribution is -2.42. The van der Waals surface area contributed by atoms with Gasteiger partial charge in [0.05, 0.1) is 0 Å². The minimum atomic E-state index is -1.23. The molecule has 0 saturated carbocycles. The number of carbonyl (C=O) groups is 4. The molecule has 0 spiro atoms. The fourth-order valence-electron chi connectivity index (χ4n) is 3.81. The number of hydrogen-bond donors (Lipinski definition) is 2. The largest absolute Gasteiger partial charge is 0.325 e. The molecule has 0 bridgehead atoms. The van der Waals surface area contributed by atoms with Crippen molar-refractivity contribution in [3.63, 3.8) is 0 Å². The highest BCUT2D eigenvalue weighted by molar-refractivity contribution is 9.10. The van der Waals surface area contributed by atoms with E-state index in [4.69, 9.17) is 0 Å². The first-order valence-corrected chi connectivity index (χ1v) is 10.7. The van der Waals surface area contributed by atoms with E-state index in [0.29, 0.717) is 24.2 Å². The molecule has 5 amide bonds. The second kappa shape index (κ2) is 8.14. The maximum atomic E-state index is 12.9. The van der Waals surface area contributed by atoms with Crippen molar-refractivity contribution in [3.8, 4) is 0 Å². The van der Waals surface area contributed by atoms with Crippen LogP contribution in [0.15, 0.2) is 53.0 Å². The van der Waals surface area contributed by atoms with E-state index in [2.05, 4.69) is 26.6 Å². The minimum Gasteiger partial charge on any atom is -0.325 e. The summed E-state index contributed by atoms with van der Waals surface area (Å²) < 4.78 is 0.855. The van der Waals surface area contributed by atoms with Crippen LogP contribution < -0.4 is 15.5 Å². The normalized spacial score (nSPS) is 20.9. The van der Waals surface area contributed by atoms with Gasteiger partial charge in [-0.1, -0.05) is 28.1 Å². The van der Waals surface area contributed by atoms with E-state index in [9.17, 15) is 19.2 Å². The van der Waals surface area contributed by atoms with Crippen molar-refractivity contribution in [1.29, 1.82) is 0 Å². The van der Waals surface area contributed by atoms with Crippen LogP contribution >= 0.6 is 15.9 Å². The lowest BCUT2D eigenvalue weighted by molar-refractivity contribution is -0.133. The average Bonchev–Trinajstić information content (AvgIpc) is 3.26. The number of nitrogens with zero attached hydrogens (tertiary/aromatic N) is 2. The molecule has 8 nitrogen and oxygen atoms in total. The number of halogens is 1. The summed E-state index contributed by atoms with van der Waals surface area (Å²) >= 11 is 3.35. The Morgan fingerprint density at radius 3 is 2.39 bits per heavy atom. The van der Waals surface area contributed by atoms with Crippen LogP contribution in [0, 0.1) is 0 Å². The summed E-state index contributed by atoms with van der Waals surface area (Å²) in [7, 11) is 0. The summed E-state index contributed by atoms with van der Waals surface area (Å²) in [4.78, 5) is 52.3. The number of nitrogens with one attached hydrogen (secondary N) is 2. The fraction of sp³-hybridized carbons (Fsp3) is 0.273. The number of carbonyl (C=O) groups excluding carboxylic acids is 4. The zero-order chi connectivity index (χ0) is 22.2. The Morgan fingerprint density at radius 1 is 1.10 bits per heavy atom. The quantitative estimate of drug-likeness (QED) is 0.637. The van der Waals surface area contributed by atoms with E-state index in [-0.39, 0.29) is 5.91 Å². The van der Waals surface area contributed by atoms with Gasteiger partial charge in [-0.05, 0) is 55.3 Å². The summed E-state index contributed by atoms with van der Waals surface area (Å²) in [5, 5.41) is 5.37. The summed E-state index contributed by atoms with van der Waals surface area (Å²) in [5.74, 6) is -0.893. The molecule has 4 rings (SSSR count). The van der Waals surface area contributed by atoms with Crippen molar-refractivity contribution in [2.45, 2.75) is 25.3 Å². The highest BCUT2D eigenvalue weighted by Crippen LogP contribution is 2.30. The first kappa shape index (κ1) is 21.0. The lowest BCUT2D eigenvalue weighted by Gasteiger charge is -2.22. The molecule has 160 valence electrons. The summed E-state index contributed by atoms with van der Waals surface area (Å²) in [5.41, 5.74) is 0.689. The monoisotopic (exact) mass is 484 g/mol. The number of urea groups is 1. The van der Waals surface area contributed by atoms with Crippen molar-refractivity contribution >= 4 is 51.1 Å². The molecule has 2 saturated heterocycles. The smallest absolute Gasteiger partial charge is 0.325 e. The van der Waals surface area contributed by atoms with Gasteiger partial charge < -0.3 is 15.5 Å². The topological polar surface area (TPSA) is 98.8 Å². The number of benzene rings is 2. The number of imide groups is 1. The molecule has 31 heavy (non-hydrogen) atoms. The Labute approximate surface area is 187 Å². The van der Waals surface area contributed by atoms with Gasteiger partial charge >= 0.3 is 6.03 Å². The van der Waals surface area contributed by atoms with Gasteiger partial charge in [-0.2, -0.15) is 0 Å². The average molecular weight is 485 g/mol. The molecule has 0 aromatic heterocycles. The van der Waals surface area contributed by atoms with E-state index in [1.165, 1.54) is 0 Å². The Morgan fingerprint density at radius 2 is 1.77 bits per heavy atom. The summed E-state index contributed by atoms with van der Waals surface area (Å²) in [6, 6.07) is 13.4. The Kier molecular flexibility index (Phi) is 5.53. The van der Waals surface area contributed by atoms with Gasteiger partial charge in [-0.15, -0.1) is 0 Å². The molecule has 2 aliphatic heterocycles. The molecule has 0 aliphatic carbocycles. The Bertz CT molecular complexity index is 1050. The standard InChI is InChI=1S/C22H21BrN4O4/c1-22(14-4-6-15(23)7-5-14)20(30)27(21(31)25-22)13-18(28)24-16-8-10-17(11-9-16)26-12-2-3-19(26)29/h4-11H,2-3,12-13H2,1H3,(H,24,28)(H,25,31)/t22-/m0/s1. The van der Waals surface area contributed by atoms with Gasteiger partial charge in [0.1, 0.15) is 12.1 Å². The van der Waals surface area contributed by atoms with Crippen LogP contribution in [0.3, 0.4) is 0 Å². The first-order valence-electron chi connectivity index (χ1n) is 9.88. The molecule has 9 heteroatoms. The van der Waals surface area contributed by atoms with Crippen LogP contribution in [0.2, 0.25) is 0 Å². The number of amides is 5. The fourth-order valence-corrected chi connectivity index (χ4v) is 4.07. The van der Waals surface area contributed by atoms with Crippen molar-refractivity contribution in [3.05, 3.63) is 58.6 Å². The maximum absolute atomic E-state index is 12.9. The van der Waals surface area contributed by atoms with Crippen LogP contribution in [-0.2, 0) is 19.9 Å². The molecule has 1 atom stereocenters. The molecule has 2 heterocycles. The van der Waals surface area contributed by atoms with Crippen molar-refractivity contribution in [2.24, 2.45) is 0 Å². The Balaban J connectivity index is 1.41. The predicted molar refractivity (Wildman–Crippen MR) is 118 cm³/mol.